The minimum atomic E-state index is 0.306. The van der Waals surface area contributed by atoms with Crippen LogP contribution >= 0.6 is 0 Å². The predicted octanol–water partition coefficient (Wildman–Crippen LogP) is 2.08. The SMILES string of the molecule is OC[C@H]1CCCN(Cc2cccn2-c2cccnc2)C1. The Bertz CT molecular complexity index is 538. The molecule has 0 amide bonds. The summed E-state index contributed by atoms with van der Waals surface area (Å²) in [5, 5.41) is 9.33. The third kappa shape index (κ3) is 2.92. The van der Waals surface area contributed by atoms with Crippen LogP contribution in [0.2, 0.25) is 0 Å². The van der Waals surface area contributed by atoms with Gasteiger partial charge in [0, 0.05) is 37.8 Å². The number of aliphatic hydroxyl groups is 1. The van der Waals surface area contributed by atoms with E-state index in [1.807, 2.05) is 12.3 Å². The third-order valence-electron chi connectivity index (χ3n) is 4.00. The molecule has 0 unspecified atom stereocenters. The van der Waals surface area contributed by atoms with Gasteiger partial charge in [-0.3, -0.25) is 9.88 Å². The van der Waals surface area contributed by atoms with E-state index in [0.717, 1.165) is 31.7 Å². The first-order valence-corrected chi connectivity index (χ1v) is 7.26. The highest BCUT2D eigenvalue weighted by Gasteiger charge is 2.20. The van der Waals surface area contributed by atoms with E-state index in [0.29, 0.717) is 12.5 Å². The van der Waals surface area contributed by atoms with Gasteiger partial charge in [-0.1, -0.05) is 0 Å². The highest BCUT2D eigenvalue weighted by molar-refractivity contribution is 5.32. The standard InChI is InChI=1S/C16H21N3O/c20-13-14-4-2-8-18(11-14)12-16-6-3-9-19(16)15-5-1-7-17-10-15/h1,3,5-7,9-10,14,20H,2,4,8,11-13H2/t14-/m0/s1. The molecule has 2 aromatic rings. The lowest BCUT2D eigenvalue weighted by atomic mass is 9.99. The summed E-state index contributed by atoms with van der Waals surface area (Å²) in [7, 11) is 0. The van der Waals surface area contributed by atoms with Crippen molar-refractivity contribution in [1.29, 1.82) is 0 Å². The van der Waals surface area contributed by atoms with Crippen LogP contribution in [-0.2, 0) is 6.54 Å². The van der Waals surface area contributed by atoms with Crippen molar-refractivity contribution in [2.24, 2.45) is 5.92 Å². The summed E-state index contributed by atoms with van der Waals surface area (Å²) in [5.74, 6) is 0.436. The predicted molar refractivity (Wildman–Crippen MR) is 78.7 cm³/mol. The van der Waals surface area contributed by atoms with Crippen LogP contribution in [0.4, 0.5) is 0 Å². The van der Waals surface area contributed by atoms with Gasteiger partial charge in [0.2, 0.25) is 0 Å². The molecular weight excluding hydrogens is 250 g/mol. The molecule has 0 radical (unpaired) electrons. The van der Waals surface area contributed by atoms with Crippen LogP contribution in [0.15, 0.2) is 42.9 Å². The zero-order chi connectivity index (χ0) is 13.8. The molecule has 4 heteroatoms. The topological polar surface area (TPSA) is 41.3 Å². The average Bonchev–Trinajstić information content (AvgIpc) is 2.96. The van der Waals surface area contributed by atoms with Gasteiger partial charge in [0.15, 0.2) is 0 Å². The molecule has 1 aliphatic heterocycles. The van der Waals surface area contributed by atoms with E-state index in [4.69, 9.17) is 0 Å². The lowest BCUT2D eigenvalue weighted by molar-refractivity contribution is 0.114. The van der Waals surface area contributed by atoms with Crippen molar-refractivity contribution in [3.05, 3.63) is 48.5 Å². The van der Waals surface area contributed by atoms with E-state index in [1.54, 1.807) is 6.20 Å². The normalized spacial score (nSPS) is 20.1. The maximum atomic E-state index is 9.33. The van der Waals surface area contributed by atoms with Crippen LogP contribution < -0.4 is 0 Å². The molecule has 0 bridgehead atoms. The minimum absolute atomic E-state index is 0.306. The minimum Gasteiger partial charge on any atom is -0.396 e. The Morgan fingerprint density at radius 1 is 1.30 bits per heavy atom. The number of hydrogen-bond donors (Lipinski definition) is 1. The van der Waals surface area contributed by atoms with E-state index in [-0.39, 0.29) is 0 Å². The van der Waals surface area contributed by atoms with Crippen molar-refractivity contribution in [1.82, 2.24) is 14.5 Å². The Labute approximate surface area is 119 Å². The Balaban J connectivity index is 1.74. The van der Waals surface area contributed by atoms with Crippen LogP contribution in [-0.4, -0.2) is 39.3 Å². The van der Waals surface area contributed by atoms with E-state index in [2.05, 4.69) is 38.8 Å². The molecule has 3 rings (SSSR count). The highest BCUT2D eigenvalue weighted by atomic mass is 16.3. The number of likely N-dealkylation sites (tertiary alicyclic amines) is 1. The second kappa shape index (κ2) is 6.20. The summed E-state index contributed by atoms with van der Waals surface area (Å²) < 4.78 is 2.19. The van der Waals surface area contributed by atoms with Crippen molar-refractivity contribution in [2.45, 2.75) is 19.4 Å². The van der Waals surface area contributed by atoms with Crippen molar-refractivity contribution >= 4 is 0 Å². The molecule has 1 aliphatic rings. The molecule has 3 heterocycles. The van der Waals surface area contributed by atoms with E-state index in [9.17, 15) is 5.11 Å². The largest absolute Gasteiger partial charge is 0.396 e. The van der Waals surface area contributed by atoms with Crippen LogP contribution in [0.3, 0.4) is 0 Å². The lowest BCUT2D eigenvalue weighted by Crippen LogP contribution is -2.36. The number of piperidine rings is 1. The Morgan fingerprint density at radius 3 is 3.05 bits per heavy atom. The summed E-state index contributed by atoms with van der Waals surface area (Å²) in [4.78, 5) is 6.62. The van der Waals surface area contributed by atoms with Gasteiger partial charge < -0.3 is 9.67 Å². The molecule has 106 valence electrons. The average molecular weight is 271 g/mol. The Hall–Kier alpha value is -1.65. The van der Waals surface area contributed by atoms with Gasteiger partial charge in [0.25, 0.3) is 0 Å². The van der Waals surface area contributed by atoms with Gasteiger partial charge in [0.05, 0.1) is 11.9 Å². The number of pyridine rings is 1. The quantitative estimate of drug-likeness (QED) is 0.925. The summed E-state index contributed by atoms with van der Waals surface area (Å²) in [6, 6.07) is 8.27. The molecule has 1 fully saturated rings. The maximum absolute atomic E-state index is 9.33. The monoisotopic (exact) mass is 271 g/mol. The fourth-order valence-electron chi connectivity index (χ4n) is 2.97. The fraction of sp³-hybridized carbons (Fsp3) is 0.438. The number of rotatable bonds is 4. The molecule has 0 spiro atoms. The molecule has 0 aliphatic carbocycles. The van der Waals surface area contributed by atoms with Crippen molar-refractivity contribution < 1.29 is 5.11 Å². The molecule has 2 aromatic heterocycles. The zero-order valence-corrected chi connectivity index (χ0v) is 11.7. The highest BCUT2D eigenvalue weighted by Crippen LogP contribution is 2.19. The summed E-state index contributed by atoms with van der Waals surface area (Å²) >= 11 is 0. The smallest absolute Gasteiger partial charge is 0.0636 e. The number of hydrogen-bond acceptors (Lipinski definition) is 3. The molecular formula is C16H21N3O. The summed E-state index contributed by atoms with van der Waals surface area (Å²) in [5.41, 5.74) is 2.37. The molecule has 1 atom stereocenters. The molecule has 0 saturated carbocycles. The van der Waals surface area contributed by atoms with Gasteiger partial charge in [0.1, 0.15) is 0 Å². The fourth-order valence-corrected chi connectivity index (χ4v) is 2.97. The molecule has 20 heavy (non-hydrogen) atoms. The van der Waals surface area contributed by atoms with Crippen molar-refractivity contribution in [3.8, 4) is 5.69 Å². The number of aromatic nitrogens is 2. The van der Waals surface area contributed by atoms with Crippen LogP contribution in [0.5, 0.6) is 0 Å². The van der Waals surface area contributed by atoms with Crippen LogP contribution in [0.1, 0.15) is 18.5 Å². The number of nitrogens with zero attached hydrogens (tertiary/aromatic N) is 3. The van der Waals surface area contributed by atoms with Crippen molar-refractivity contribution in [2.75, 3.05) is 19.7 Å². The van der Waals surface area contributed by atoms with E-state index >= 15 is 0 Å². The first kappa shape index (κ1) is 13.3. The first-order chi connectivity index (χ1) is 9.86. The zero-order valence-electron chi connectivity index (χ0n) is 11.7. The summed E-state index contributed by atoms with van der Waals surface area (Å²) in [6.07, 6.45) is 8.09. The molecule has 4 nitrogen and oxygen atoms in total. The van der Waals surface area contributed by atoms with Gasteiger partial charge in [-0.15, -0.1) is 0 Å². The summed E-state index contributed by atoms with van der Waals surface area (Å²) in [6.45, 7) is 3.35. The van der Waals surface area contributed by atoms with Gasteiger partial charge >= 0.3 is 0 Å². The Kier molecular flexibility index (Phi) is 4.14. The maximum Gasteiger partial charge on any atom is 0.0636 e. The van der Waals surface area contributed by atoms with Gasteiger partial charge in [-0.05, 0) is 49.6 Å². The third-order valence-corrected chi connectivity index (χ3v) is 4.00. The van der Waals surface area contributed by atoms with Gasteiger partial charge in [-0.25, -0.2) is 0 Å². The number of aliphatic hydroxyl groups excluding tert-OH is 1. The lowest BCUT2D eigenvalue weighted by Gasteiger charge is -2.31. The first-order valence-electron chi connectivity index (χ1n) is 7.26. The van der Waals surface area contributed by atoms with Gasteiger partial charge in [-0.2, -0.15) is 0 Å². The van der Waals surface area contributed by atoms with E-state index in [1.165, 1.54) is 12.1 Å². The molecule has 1 saturated heterocycles. The molecule has 1 N–H and O–H groups in total. The van der Waals surface area contributed by atoms with Crippen molar-refractivity contribution in [3.63, 3.8) is 0 Å². The van der Waals surface area contributed by atoms with E-state index < -0.39 is 0 Å². The van der Waals surface area contributed by atoms with Crippen LogP contribution in [0, 0.1) is 5.92 Å². The molecule has 0 aromatic carbocycles. The second-order valence-corrected chi connectivity index (χ2v) is 5.51. The Morgan fingerprint density at radius 2 is 2.25 bits per heavy atom. The van der Waals surface area contributed by atoms with Crippen LogP contribution in [0.25, 0.3) is 5.69 Å². The second-order valence-electron chi connectivity index (χ2n) is 5.51.